The standard InChI is InChI=1S/C12H10ClN2O3.W/c13-8-3-1-2-7(6-8)11(17)14-9-4-5-10(16)15-12(9)18;/h1-3,9H,4-5H2,(H2,14,15,16,17,18);/q-1;+2/p-1. The van der Waals surface area contributed by atoms with E-state index in [1.54, 1.807) is 12.1 Å². The average molecular weight is 449 g/mol. The monoisotopic (exact) mass is 448 g/mol. The topological polar surface area (TPSA) is 77.3 Å². The van der Waals surface area contributed by atoms with Crippen LogP contribution in [0, 0.1) is 6.07 Å². The number of amides is 3. The van der Waals surface area contributed by atoms with Crippen LogP contribution in [-0.4, -0.2) is 23.8 Å². The number of hydrogen-bond acceptors (Lipinski definition) is 3. The third-order valence-electron chi connectivity index (χ3n) is 2.47. The molecule has 1 heterocycles. The first-order valence-electron chi connectivity index (χ1n) is 5.33. The zero-order valence-corrected chi connectivity index (χ0v) is 13.4. The van der Waals surface area contributed by atoms with Crippen LogP contribution >= 0.6 is 11.6 Å². The number of halogens is 1. The number of nitrogens with zero attached hydrogens (tertiary/aromatic N) is 1. The quantitative estimate of drug-likeness (QED) is 0.550. The van der Waals surface area contributed by atoms with Crippen LogP contribution in [0.5, 0.6) is 0 Å². The van der Waals surface area contributed by atoms with Crippen molar-refractivity contribution in [2.24, 2.45) is 0 Å². The van der Waals surface area contributed by atoms with Crippen LogP contribution in [0.1, 0.15) is 23.2 Å². The predicted octanol–water partition coefficient (Wildman–Crippen LogP) is 1.46. The van der Waals surface area contributed by atoms with Crippen molar-refractivity contribution in [2.75, 3.05) is 0 Å². The van der Waals surface area contributed by atoms with E-state index in [1.807, 2.05) is 0 Å². The third-order valence-corrected chi connectivity index (χ3v) is 2.69. The molecule has 1 fully saturated rings. The molecule has 0 saturated carbocycles. The van der Waals surface area contributed by atoms with Crippen LogP contribution in [0.4, 0.5) is 0 Å². The fraction of sp³-hybridized carbons (Fsp3) is 0.250. The Morgan fingerprint density at radius 3 is 2.79 bits per heavy atom. The van der Waals surface area contributed by atoms with E-state index in [-0.39, 0.29) is 45.4 Å². The zero-order chi connectivity index (χ0) is 13.1. The fourth-order valence-electron chi connectivity index (χ4n) is 1.58. The smallest absolute Gasteiger partial charge is 0.684 e. The summed E-state index contributed by atoms with van der Waals surface area (Å²) in [6.45, 7) is 0. The van der Waals surface area contributed by atoms with Crippen LogP contribution in [-0.2, 0) is 30.7 Å². The molecule has 98 valence electrons. The molecule has 0 radical (unpaired) electrons. The minimum absolute atomic E-state index is 0. The molecule has 1 atom stereocenters. The Bertz CT molecular complexity index is 521. The molecule has 7 heteroatoms. The molecule has 0 spiro atoms. The zero-order valence-electron chi connectivity index (χ0n) is 9.68. The maximum atomic E-state index is 11.8. The van der Waals surface area contributed by atoms with Crippen molar-refractivity contribution < 1.29 is 35.4 Å². The molecular weight excluding hydrogens is 439 g/mol. The van der Waals surface area contributed by atoms with Gasteiger partial charge in [-0.2, -0.15) is 0 Å². The molecule has 1 aromatic carbocycles. The Labute approximate surface area is 129 Å². The van der Waals surface area contributed by atoms with E-state index in [0.29, 0.717) is 5.02 Å². The molecule has 1 aromatic rings. The van der Waals surface area contributed by atoms with Gasteiger partial charge in [-0.15, -0.1) is 41.4 Å². The second-order valence-corrected chi connectivity index (χ2v) is 4.22. The minimum Gasteiger partial charge on any atom is -0.684 e. The summed E-state index contributed by atoms with van der Waals surface area (Å²) in [5, 5.41) is 6.21. The first-order valence-corrected chi connectivity index (χ1v) is 5.71. The van der Waals surface area contributed by atoms with E-state index in [9.17, 15) is 14.4 Å². The number of carbonyl (C=O) groups is 3. The molecule has 1 saturated heterocycles. The van der Waals surface area contributed by atoms with Crippen molar-refractivity contribution in [3.8, 4) is 0 Å². The Morgan fingerprint density at radius 1 is 1.42 bits per heavy atom. The van der Waals surface area contributed by atoms with Crippen LogP contribution in [0.2, 0.25) is 5.02 Å². The molecule has 5 nitrogen and oxygen atoms in total. The molecule has 1 aliphatic heterocycles. The summed E-state index contributed by atoms with van der Waals surface area (Å²) in [5.74, 6) is -1.44. The molecule has 1 aliphatic rings. The van der Waals surface area contributed by atoms with Crippen LogP contribution < -0.4 is 5.32 Å². The molecule has 3 amide bonds. The maximum Gasteiger partial charge on any atom is 2.00 e. The first-order chi connectivity index (χ1) is 8.56. The Balaban J connectivity index is 0.00000180. The number of imide groups is 1. The molecule has 0 aliphatic carbocycles. The van der Waals surface area contributed by atoms with Crippen LogP contribution in [0.3, 0.4) is 0 Å². The third kappa shape index (κ3) is 4.15. The van der Waals surface area contributed by atoms with Gasteiger partial charge in [-0.25, -0.2) is 0 Å². The second kappa shape index (κ2) is 6.82. The van der Waals surface area contributed by atoms with E-state index in [0.717, 1.165) is 0 Å². The SMILES string of the molecule is O=C1CCC([N-]C(=O)c2[c-]c(Cl)ccc2)C(=O)N1.[W+2]. The molecule has 1 N–H and O–H groups in total. The summed E-state index contributed by atoms with van der Waals surface area (Å²) < 4.78 is 0. The second-order valence-electron chi connectivity index (χ2n) is 3.81. The van der Waals surface area contributed by atoms with Gasteiger partial charge >= 0.3 is 21.1 Å². The Morgan fingerprint density at radius 2 is 2.16 bits per heavy atom. The number of benzene rings is 1. The van der Waals surface area contributed by atoms with Gasteiger partial charge in [-0.1, -0.05) is 0 Å². The predicted molar refractivity (Wildman–Crippen MR) is 64.1 cm³/mol. The van der Waals surface area contributed by atoms with Gasteiger partial charge in [0.2, 0.25) is 11.8 Å². The number of piperidine rings is 1. The van der Waals surface area contributed by atoms with Crippen molar-refractivity contribution in [3.05, 3.63) is 40.2 Å². The Kier molecular flexibility index (Phi) is 5.70. The van der Waals surface area contributed by atoms with Crippen molar-refractivity contribution in [3.63, 3.8) is 0 Å². The van der Waals surface area contributed by atoms with E-state index in [4.69, 9.17) is 11.6 Å². The van der Waals surface area contributed by atoms with E-state index < -0.39 is 17.9 Å². The Hall–Kier alpha value is -1.19. The molecule has 19 heavy (non-hydrogen) atoms. The molecule has 0 aromatic heterocycles. The largest absolute Gasteiger partial charge is 2.00 e. The van der Waals surface area contributed by atoms with Crippen molar-refractivity contribution in [1.82, 2.24) is 5.32 Å². The normalized spacial score (nSPS) is 18.3. The van der Waals surface area contributed by atoms with Crippen LogP contribution in [0.15, 0.2) is 18.2 Å². The minimum atomic E-state index is -0.817. The molecule has 1 unspecified atom stereocenters. The van der Waals surface area contributed by atoms with Crippen molar-refractivity contribution in [2.45, 2.75) is 18.9 Å². The number of rotatable bonds is 2. The van der Waals surface area contributed by atoms with Gasteiger partial charge < -0.3 is 10.1 Å². The summed E-state index contributed by atoms with van der Waals surface area (Å²) in [6, 6.07) is 6.53. The van der Waals surface area contributed by atoms with Gasteiger partial charge in [0.05, 0.1) is 0 Å². The van der Waals surface area contributed by atoms with E-state index in [2.05, 4.69) is 16.7 Å². The summed E-state index contributed by atoms with van der Waals surface area (Å²) in [7, 11) is 0. The molecular formula is C12H9ClN2O3W. The van der Waals surface area contributed by atoms with Gasteiger partial charge in [-0.3, -0.25) is 14.9 Å². The van der Waals surface area contributed by atoms with Gasteiger partial charge in [0.15, 0.2) is 0 Å². The van der Waals surface area contributed by atoms with E-state index in [1.165, 1.54) is 6.07 Å². The number of hydrogen-bond donors (Lipinski definition) is 1. The van der Waals surface area contributed by atoms with Gasteiger partial charge in [0.25, 0.3) is 0 Å². The fourth-order valence-corrected chi connectivity index (χ4v) is 1.76. The summed E-state index contributed by atoms with van der Waals surface area (Å²) >= 11 is 5.71. The van der Waals surface area contributed by atoms with Crippen LogP contribution in [0.25, 0.3) is 5.32 Å². The first kappa shape index (κ1) is 15.9. The number of carbonyl (C=O) groups excluding carboxylic acids is 3. The van der Waals surface area contributed by atoms with Gasteiger partial charge in [0.1, 0.15) is 0 Å². The van der Waals surface area contributed by atoms with Crippen molar-refractivity contribution in [1.29, 1.82) is 0 Å². The maximum absolute atomic E-state index is 11.8. The molecule has 2 rings (SSSR count). The van der Waals surface area contributed by atoms with E-state index >= 15 is 0 Å². The van der Waals surface area contributed by atoms with Crippen molar-refractivity contribution >= 4 is 29.3 Å². The summed E-state index contributed by atoms with van der Waals surface area (Å²) in [4.78, 5) is 34.1. The summed E-state index contributed by atoms with van der Waals surface area (Å²) in [6.07, 6.45) is 0.434. The average Bonchev–Trinajstić information content (AvgIpc) is 2.32. The van der Waals surface area contributed by atoms with Gasteiger partial charge in [0, 0.05) is 6.42 Å². The summed E-state index contributed by atoms with van der Waals surface area (Å²) in [5.41, 5.74) is 0.201. The molecule has 0 bridgehead atoms. The number of nitrogens with one attached hydrogen (secondary N) is 1. The van der Waals surface area contributed by atoms with Gasteiger partial charge in [-0.05, 0) is 23.4 Å².